The van der Waals surface area contributed by atoms with Gasteiger partial charge in [-0.25, -0.2) is 0 Å². The number of aromatic amines is 1. The third-order valence-corrected chi connectivity index (χ3v) is 2.91. The van der Waals surface area contributed by atoms with Crippen molar-refractivity contribution in [3.63, 3.8) is 0 Å². The maximum absolute atomic E-state index is 12.0. The second-order valence-electron chi connectivity index (χ2n) is 3.97. The van der Waals surface area contributed by atoms with Gasteiger partial charge in [0.25, 0.3) is 5.91 Å². The van der Waals surface area contributed by atoms with Crippen LogP contribution in [-0.4, -0.2) is 42.0 Å². The summed E-state index contributed by atoms with van der Waals surface area (Å²) < 4.78 is 0. The van der Waals surface area contributed by atoms with E-state index in [0.717, 1.165) is 19.5 Å². The van der Waals surface area contributed by atoms with Crippen LogP contribution in [0, 0.1) is 0 Å². The molecule has 16 heavy (non-hydrogen) atoms. The zero-order valence-corrected chi connectivity index (χ0v) is 9.19. The zero-order chi connectivity index (χ0) is 11.5. The molecule has 5 heteroatoms. The van der Waals surface area contributed by atoms with Gasteiger partial charge in [-0.15, -0.1) is 0 Å². The van der Waals surface area contributed by atoms with E-state index in [9.17, 15) is 9.59 Å². The molecule has 2 rings (SSSR count). The molecule has 1 fully saturated rings. The van der Waals surface area contributed by atoms with Crippen LogP contribution in [-0.2, 0) is 0 Å². The first-order valence-electron chi connectivity index (χ1n) is 5.36. The van der Waals surface area contributed by atoms with E-state index < -0.39 is 0 Å². The Morgan fingerprint density at radius 2 is 2.38 bits per heavy atom. The van der Waals surface area contributed by atoms with Gasteiger partial charge in [-0.05, 0) is 19.5 Å². The Kier molecular flexibility index (Phi) is 3.05. The molecule has 0 saturated carbocycles. The van der Waals surface area contributed by atoms with E-state index >= 15 is 0 Å². The zero-order valence-electron chi connectivity index (χ0n) is 9.19. The third kappa shape index (κ3) is 2.14. The van der Waals surface area contributed by atoms with Crippen LogP contribution >= 0.6 is 0 Å². The van der Waals surface area contributed by atoms with Crippen LogP contribution in [0.15, 0.2) is 23.1 Å². The van der Waals surface area contributed by atoms with Gasteiger partial charge in [0.05, 0.1) is 5.56 Å². The highest BCUT2D eigenvalue weighted by Crippen LogP contribution is 2.12. The van der Waals surface area contributed by atoms with E-state index in [4.69, 9.17) is 0 Å². The number of hydrogen-bond donors (Lipinski definition) is 2. The lowest BCUT2D eigenvalue weighted by atomic mass is 10.2. The van der Waals surface area contributed by atoms with E-state index in [0.29, 0.717) is 11.6 Å². The fourth-order valence-corrected chi connectivity index (χ4v) is 1.91. The quantitative estimate of drug-likeness (QED) is 0.727. The Morgan fingerprint density at radius 3 is 2.94 bits per heavy atom. The molecule has 1 amide bonds. The Morgan fingerprint density at radius 1 is 1.56 bits per heavy atom. The minimum atomic E-state index is -0.189. The predicted octanol–water partition coefficient (Wildman–Crippen LogP) is -0.191. The summed E-state index contributed by atoms with van der Waals surface area (Å²) in [5.41, 5.74) is 0.349. The average Bonchev–Trinajstić information content (AvgIpc) is 2.77. The SMILES string of the molecule is CNC1CCN(C(=O)c2ccc(=O)[nH]c2)C1. The van der Waals surface area contributed by atoms with Crippen molar-refractivity contribution in [2.24, 2.45) is 0 Å². The van der Waals surface area contributed by atoms with E-state index in [1.165, 1.54) is 12.3 Å². The van der Waals surface area contributed by atoms with Crippen molar-refractivity contribution in [2.75, 3.05) is 20.1 Å². The lowest BCUT2D eigenvalue weighted by Crippen LogP contribution is -2.33. The summed E-state index contributed by atoms with van der Waals surface area (Å²) in [6.45, 7) is 1.50. The largest absolute Gasteiger partial charge is 0.337 e. The Hall–Kier alpha value is -1.62. The molecule has 2 N–H and O–H groups in total. The number of pyridine rings is 1. The Labute approximate surface area is 93.5 Å². The monoisotopic (exact) mass is 221 g/mol. The fraction of sp³-hybridized carbons (Fsp3) is 0.455. The van der Waals surface area contributed by atoms with Crippen molar-refractivity contribution in [1.82, 2.24) is 15.2 Å². The Balaban J connectivity index is 2.08. The maximum Gasteiger partial charge on any atom is 0.255 e. The molecule has 0 aromatic carbocycles. The molecule has 1 unspecified atom stereocenters. The number of aromatic nitrogens is 1. The maximum atomic E-state index is 12.0. The number of amides is 1. The number of hydrogen-bond acceptors (Lipinski definition) is 3. The topological polar surface area (TPSA) is 65.2 Å². The first kappa shape index (κ1) is 10.9. The molecule has 1 atom stereocenters. The van der Waals surface area contributed by atoms with Gasteiger partial charge < -0.3 is 15.2 Å². The fourth-order valence-electron chi connectivity index (χ4n) is 1.91. The summed E-state index contributed by atoms with van der Waals surface area (Å²) in [4.78, 5) is 27.2. The average molecular weight is 221 g/mol. The van der Waals surface area contributed by atoms with Crippen LogP contribution < -0.4 is 10.9 Å². The van der Waals surface area contributed by atoms with E-state index in [-0.39, 0.29) is 11.5 Å². The van der Waals surface area contributed by atoms with Crippen LogP contribution in [0.25, 0.3) is 0 Å². The van der Waals surface area contributed by atoms with Crippen molar-refractivity contribution < 1.29 is 4.79 Å². The minimum Gasteiger partial charge on any atom is -0.337 e. The molecule has 1 saturated heterocycles. The van der Waals surface area contributed by atoms with Crippen LogP contribution in [0.1, 0.15) is 16.8 Å². The number of nitrogens with zero attached hydrogens (tertiary/aromatic N) is 1. The minimum absolute atomic E-state index is 0.0194. The normalized spacial score (nSPS) is 20.1. The van der Waals surface area contributed by atoms with Crippen LogP contribution in [0.2, 0.25) is 0 Å². The lowest BCUT2D eigenvalue weighted by Gasteiger charge is -2.16. The standard InChI is InChI=1S/C11H15N3O2/c1-12-9-4-5-14(7-9)11(16)8-2-3-10(15)13-6-8/h2-3,6,9,12H,4-5,7H2,1H3,(H,13,15). The second-order valence-corrected chi connectivity index (χ2v) is 3.97. The lowest BCUT2D eigenvalue weighted by molar-refractivity contribution is 0.0789. The highest BCUT2D eigenvalue weighted by molar-refractivity contribution is 5.94. The van der Waals surface area contributed by atoms with Gasteiger partial charge >= 0.3 is 0 Å². The molecule has 1 aliphatic rings. The first-order chi connectivity index (χ1) is 7.70. The van der Waals surface area contributed by atoms with Crippen LogP contribution in [0.3, 0.4) is 0 Å². The number of likely N-dealkylation sites (N-methyl/N-ethyl adjacent to an activating group) is 1. The number of carbonyl (C=O) groups is 1. The molecule has 2 heterocycles. The highest BCUT2D eigenvalue weighted by Gasteiger charge is 2.25. The number of likely N-dealkylation sites (tertiary alicyclic amines) is 1. The van der Waals surface area contributed by atoms with E-state index in [1.54, 1.807) is 11.0 Å². The first-order valence-corrected chi connectivity index (χ1v) is 5.36. The molecule has 0 bridgehead atoms. The van der Waals surface area contributed by atoms with Crippen molar-refractivity contribution >= 4 is 5.91 Å². The number of nitrogens with one attached hydrogen (secondary N) is 2. The van der Waals surface area contributed by atoms with E-state index in [1.807, 2.05) is 7.05 Å². The molecule has 86 valence electrons. The van der Waals surface area contributed by atoms with Gasteiger partial charge in [-0.1, -0.05) is 0 Å². The molecular formula is C11H15N3O2. The second kappa shape index (κ2) is 4.49. The highest BCUT2D eigenvalue weighted by atomic mass is 16.2. The van der Waals surface area contributed by atoms with Gasteiger partial charge in [0.15, 0.2) is 0 Å². The van der Waals surface area contributed by atoms with Gasteiger partial charge in [0, 0.05) is 31.4 Å². The summed E-state index contributed by atoms with van der Waals surface area (Å²) in [5, 5.41) is 3.16. The van der Waals surface area contributed by atoms with Crippen molar-refractivity contribution in [1.29, 1.82) is 0 Å². The van der Waals surface area contributed by atoms with Gasteiger partial charge in [0.2, 0.25) is 5.56 Å². The number of rotatable bonds is 2. The van der Waals surface area contributed by atoms with Crippen molar-refractivity contribution in [3.8, 4) is 0 Å². The predicted molar refractivity (Wildman–Crippen MR) is 60.4 cm³/mol. The van der Waals surface area contributed by atoms with Crippen molar-refractivity contribution in [2.45, 2.75) is 12.5 Å². The summed E-state index contributed by atoms with van der Waals surface area (Å²) in [6.07, 6.45) is 2.45. The molecule has 1 aromatic heterocycles. The van der Waals surface area contributed by atoms with E-state index in [2.05, 4.69) is 10.3 Å². The van der Waals surface area contributed by atoms with Gasteiger partial charge in [-0.2, -0.15) is 0 Å². The number of H-pyrrole nitrogens is 1. The van der Waals surface area contributed by atoms with Crippen molar-refractivity contribution in [3.05, 3.63) is 34.2 Å². The van der Waals surface area contributed by atoms with Gasteiger partial charge in [0.1, 0.15) is 0 Å². The number of carbonyl (C=O) groups excluding carboxylic acids is 1. The molecule has 0 aliphatic carbocycles. The smallest absolute Gasteiger partial charge is 0.255 e. The molecular weight excluding hydrogens is 206 g/mol. The van der Waals surface area contributed by atoms with Crippen LogP contribution in [0.5, 0.6) is 0 Å². The Bertz CT molecular complexity index is 421. The summed E-state index contributed by atoms with van der Waals surface area (Å²) in [7, 11) is 1.90. The third-order valence-electron chi connectivity index (χ3n) is 2.91. The van der Waals surface area contributed by atoms with Gasteiger partial charge in [-0.3, -0.25) is 9.59 Å². The molecule has 1 aromatic rings. The molecule has 1 aliphatic heterocycles. The molecule has 5 nitrogen and oxygen atoms in total. The molecule has 0 radical (unpaired) electrons. The summed E-state index contributed by atoms with van der Waals surface area (Å²) in [6, 6.07) is 3.32. The molecule has 0 spiro atoms. The van der Waals surface area contributed by atoms with Crippen LogP contribution in [0.4, 0.5) is 0 Å². The summed E-state index contributed by atoms with van der Waals surface area (Å²) >= 11 is 0. The summed E-state index contributed by atoms with van der Waals surface area (Å²) in [5.74, 6) is -0.0194.